The molecule has 0 aromatic heterocycles. The molecule has 0 aliphatic rings. The van der Waals surface area contributed by atoms with Crippen molar-refractivity contribution in [1.82, 2.24) is 0 Å². The minimum Gasteiger partial charge on any atom is -0.309 e. The van der Waals surface area contributed by atoms with Gasteiger partial charge in [0.1, 0.15) is 6.17 Å². The first-order chi connectivity index (χ1) is 3.81. The van der Waals surface area contributed by atoms with E-state index in [9.17, 15) is 0 Å². The van der Waals surface area contributed by atoms with E-state index in [-0.39, 0.29) is 6.17 Å². The lowest BCUT2D eigenvalue weighted by Crippen LogP contribution is -2.15. The van der Waals surface area contributed by atoms with Gasteiger partial charge in [0.25, 0.3) is 0 Å². The van der Waals surface area contributed by atoms with Crippen molar-refractivity contribution in [2.24, 2.45) is 10.7 Å². The quantitative estimate of drug-likeness (QED) is 0.460. The van der Waals surface area contributed by atoms with Crippen LogP contribution in [0.15, 0.2) is 4.99 Å². The fourth-order valence-corrected chi connectivity index (χ4v) is 0.563. The molecule has 1 unspecified atom stereocenters. The van der Waals surface area contributed by atoms with Crippen LogP contribution >= 0.6 is 12.2 Å². The Balaban J connectivity index is 3.31. The Morgan fingerprint density at radius 1 is 1.88 bits per heavy atom. The van der Waals surface area contributed by atoms with Crippen LogP contribution in [0.25, 0.3) is 0 Å². The van der Waals surface area contributed by atoms with Gasteiger partial charge in [-0.15, -0.1) is 0 Å². The van der Waals surface area contributed by atoms with Crippen LogP contribution in [0.1, 0.15) is 19.8 Å². The summed E-state index contributed by atoms with van der Waals surface area (Å²) in [6.45, 7) is 2.05. The summed E-state index contributed by atoms with van der Waals surface area (Å²) in [5.74, 6) is 0. The Kier molecular flexibility index (Phi) is 4.76. The maximum Gasteiger partial charge on any atom is 0.107 e. The zero-order chi connectivity index (χ0) is 6.41. The summed E-state index contributed by atoms with van der Waals surface area (Å²) in [5.41, 5.74) is 5.40. The third-order valence-electron chi connectivity index (χ3n) is 0.803. The molecule has 0 heterocycles. The van der Waals surface area contributed by atoms with Crippen LogP contribution in [0.5, 0.6) is 0 Å². The second-order valence-electron chi connectivity index (χ2n) is 1.58. The molecule has 0 aromatic rings. The monoisotopic (exact) mass is 130 g/mol. The maximum atomic E-state index is 5.40. The molecule has 1 atom stereocenters. The minimum absolute atomic E-state index is 0.127. The van der Waals surface area contributed by atoms with Gasteiger partial charge in [0.15, 0.2) is 0 Å². The van der Waals surface area contributed by atoms with Crippen molar-refractivity contribution in [2.75, 3.05) is 0 Å². The molecule has 0 spiro atoms. The van der Waals surface area contributed by atoms with E-state index >= 15 is 0 Å². The molecule has 2 N–H and O–H groups in total. The van der Waals surface area contributed by atoms with Crippen LogP contribution < -0.4 is 5.73 Å². The van der Waals surface area contributed by atoms with Gasteiger partial charge in [-0.2, -0.15) is 0 Å². The van der Waals surface area contributed by atoms with Gasteiger partial charge in [0.2, 0.25) is 0 Å². The van der Waals surface area contributed by atoms with Crippen molar-refractivity contribution in [3.8, 4) is 0 Å². The van der Waals surface area contributed by atoms with Crippen LogP contribution in [0.2, 0.25) is 0 Å². The third-order valence-corrected chi connectivity index (χ3v) is 0.908. The Morgan fingerprint density at radius 2 is 2.50 bits per heavy atom. The summed E-state index contributed by atoms with van der Waals surface area (Å²) < 4.78 is 0. The topological polar surface area (TPSA) is 38.4 Å². The molecular formula is C5H10N2S. The highest BCUT2D eigenvalue weighted by Crippen LogP contribution is 1.91. The highest BCUT2D eigenvalue weighted by molar-refractivity contribution is 7.78. The summed E-state index contributed by atoms with van der Waals surface area (Å²) in [5, 5.41) is 2.24. The van der Waals surface area contributed by atoms with Gasteiger partial charge in [0, 0.05) is 0 Å². The van der Waals surface area contributed by atoms with E-state index in [0.29, 0.717) is 0 Å². The predicted molar refractivity (Wildman–Crippen MR) is 37.9 cm³/mol. The lowest BCUT2D eigenvalue weighted by atomic mass is 10.3. The number of rotatable bonds is 3. The maximum absolute atomic E-state index is 5.40. The van der Waals surface area contributed by atoms with Crippen LogP contribution in [0.3, 0.4) is 0 Å². The molecule has 8 heavy (non-hydrogen) atoms. The number of hydrogen-bond acceptors (Lipinski definition) is 3. The number of hydrogen-bond donors (Lipinski definition) is 1. The largest absolute Gasteiger partial charge is 0.309 e. The van der Waals surface area contributed by atoms with Gasteiger partial charge < -0.3 is 5.73 Å². The number of nitrogens with two attached hydrogens (primary N) is 1. The van der Waals surface area contributed by atoms with Crippen molar-refractivity contribution in [3.05, 3.63) is 0 Å². The Labute approximate surface area is 54.8 Å². The summed E-state index contributed by atoms with van der Waals surface area (Å²) in [7, 11) is 0. The number of thiocarbonyl (C=S) groups is 1. The Morgan fingerprint density at radius 3 is 2.88 bits per heavy atom. The third kappa shape index (κ3) is 3.93. The Bertz CT molecular complexity index is 96.6. The van der Waals surface area contributed by atoms with Crippen LogP contribution in [0, 0.1) is 0 Å². The van der Waals surface area contributed by atoms with E-state index in [1.165, 1.54) is 0 Å². The van der Waals surface area contributed by atoms with Gasteiger partial charge in [0.05, 0.1) is 5.16 Å². The molecular weight excluding hydrogens is 120 g/mol. The van der Waals surface area contributed by atoms with Crippen molar-refractivity contribution in [3.63, 3.8) is 0 Å². The van der Waals surface area contributed by atoms with Crippen LogP contribution in [-0.4, -0.2) is 11.3 Å². The highest BCUT2D eigenvalue weighted by Gasteiger charge is 1.92. The smallest absolute Gasteiger partial charge is 0.107 e. The molecule has 0 bridgehead atoms. The Hall–Kier alpha value is -0.240. The summed E-state index contributed by atoms with van der Waals surface area (Å²) in [6.07, 6.45) is 1.81. The molecule has 2 nitrogen and oxygen atoms in total. The lowest BCUT2D eigenvalue weighted by Gasteiger charge is -1.97. The molecule has 0 saturated heterocycles. The first-order valence-electron chi connectivity index (χ1n) is 2.63. The van der Waals surface area contributed by atoms with E-state index < -0.39 is 0 Å². The molecule has 0 aliphatic heterocycles. The molecule has 0 amide bonds. The van der Waals surface area contributed by atoms with Gasteiger partial charge in [-0.25, -0.2) is 4.99 Å². The van der Waals surface area contributed by atoms with Crippen molar-refractivity contribution in [1.29, 1.82) is 0 Å². The lowest BCUT2D eigenvalue weighted by molar-refractivity contribution is 0.633. The van der Waals surface area contributed by atoms with Gasteiger partial charge in [-0.3, -0.25) is 0 Å². The molecule has 0 rings (SSSR count). The van der Waals surface area contributed by atoms with E-state index in [1.54, 1.807) is 0 Å². The average molecular weight is 130 g/mol. The molecule has 0 radical (unpaired) electrons. The molecule has 0 fully saturated rings. The number of isothiocyanates is 1. The van der Waals surface area contributed by atoms with Gasteiger partial charge in [-0.05, 0) is 18.6 Å². The van der Waals surface area contributed by atoms with Crippen molar-refractivity contribution >= 4 is 17.4 Å². The van der Waals surface area contributed by atoms with Crippen molar-refractivity contribution < 1.29 is 0 Å². The normalized spacial score (nSPS) is 12.2. The molecule has 0 aromatic carbocycles. The highest BCUT2D eigenvalue weighted by atomic mass is 32.1. The second kappa shape index (κ2) is 4.91. The first kappa shape index (κ1) is 7.76. The predicted octanol–water partition coefficient (Wildman–Crippen LogP) is 1.17. The van der Waals surface area contributed by atoms with E-state index in [2.05, 4.69) is 29.3 Å². The fraction of sp³-hybridized carbons (Fsp3) is 0.800. The molecule has 0 saturated carbocycles. The zero-order valence-corrected chi connectivity index (χ0v) is 5.74. The number of aliphatic imine (C=N–C) groups is 1. The summed E-state index contributed by atoms with van der Waals surface area (Å²) >= 11 is 4.35. The second-order valence-corrected chi connectivity index (χ2v) is 1.76. The van der Waals surface area contributed by atoms with E-state index in [4.69, 9.17) is 5.73 Å². The van der Waals surface area contributed by atoms with E-state index in [0.717, 1.165) is 12.8 Å². The molecule has 3 heteroatoms. The fourth-order valence-electron chi connectivity index (χ4n) is 0.428. The first-order valence-corrected chi connectivity index (χ1v) is 3.04. The van der Waals surface area contributed by atoms with Crippen LogP contribution in [0.4, 0.5) is 0 Å². The average Bonchev–Trinajstić information content (AvgIpc) is 1.68. The summed E-state index contributed by atoms with van der Waals surface area (Å²) in [4.78, 5) is 3.66. The zero-order valence-electron chi connectivity index (χ0n) is 4.92. The van der Waals surface area contributed by atoms with Crippen molar-refractivity contribution in [2.45, 2.75) is 25.9 Å². The molecule has 46 valence electrons. The SMILES string of the molecule is CCCC(N)N=C=S. The number of nitrogens with zero attached hydrogens (tertiary/aromatic N) is 1. The van der Waals surface area contributed by atoms with Crippen LogP contribution in [-0.2, 0) is 0 Å². The van der Waals surface area contributed by atoms with E-state index in [1.807, 2.05) is 0 Å². The standard InChI is InChI=1S/C5H10N2S/c1-2-3-5(6)7-4-8/h5H,2-3,6H2,1H3. The minimum atomic E-state index is -0.127. The summed E-state index contributed by atoms with van der Waals surface area (Å²) in [6, 6.07) is 0. The van der Waals surface area contributed by atoms with Gasteiger partial charge >= 0.3 is 0 Å². The molecule has 0 aliphatic carbocycles. The van der Waals surface area contributed by atoms with Gasteiger partial charge in [-0.1, -0.05) is 13.3 Å².